The van der Waals surface area contributed by atoms with E-state index in [0.717, 1.165) is 5.56 Å². The molecule has 2 aromatic carbocycles. The predicted octanol–water partition coefficient (Wildman–Crippen LogP) is 3.02. The number of benzene rings is 2. The molecule has 0 fully saturated rings. The summed E-state index contributed by atoms with van der Waals surface area (Å²) in [6, 6.07) is 11.4. The molecule has 2 rings (SSSR count). The van der Waals surface area contributed by atoms with Crippen molar-refractivity contribution in [3.8, 4) is 0 Å². The minimum Gasteiger partial charge on any atom is -0.366 e. The lowest BCUT2D eigenvalue weighted by molar-refractivity contribution is 0.100. The Labute approximate surface area is 136 Å². The maximum atomic E-state index is 12.6. The Balaban J connectivity index is 2.35. The van der Waals surface area contributed by atoms with Gasteiger partial charge in [0.2, 0.25) is 5.91 Å². The average molecular weight is 332 g/mol. The van der Waals surface area contributed by atoms with E-state index in [1.165, 1.54) is 24.3 Å². The maximum Gasteiger partial charge on any atom is 0.262 e. The van der Waals surface area contributed by atoms with Crippen LogP contribution in [0.3, 0.4) is 0 Å². The molecule has 0 aliphatic carbocycles. The Hall–Kier alpha value is -2.34. The normalized spacial score (nSPS) is 11.5. The molecule has 6 heteroatoms. The van der Waals surface area contributed by atoms with E-state index in [4.69, 9.17) is 5.73 Å². The summed E-state index contributed by atoms with van der Waals surface area (Å²) in [5.41, 5.74) is 7.51. The van der Waals surface area contributed by atoms with Gasteiger partial charge in [0.1, 0.15) is 0 Å². The first-order valence-corrected chi connectivity index (χ1v) is 8.72. The van der Waals surface area contributed by atoms with E-state index < -0.39 is 15.9 Å². The van der Waals surface area contributed by atoms with Crippen LogP contribution in [0.1, 0.15) is 41.3 Å². The Kier molecular flexibility index (Phi) is 4.75. The predicted molar refractivity (Wildman–Crippen MR) is 91.0 cm³/mol. The van der Waals surface area contributed by atoms with E-state index in [2.05, 4.69) is 4.72 Å². The van der Waals surface area contributed by atoms with E-state index in [0.29, 0.717) is 16.8 Å². The number of anilines is 1. The highest BCUT2D eigenvalue weighted by molar-refractivity contribution is 7.92. The van der Waals surface area contributed by atoms with Gasteiger partial charge >= 0.3 is 0 Å². The maximum absolute atomic E-state index is 12.6. The fourth-order valence-corrected chi connectivity index (χ4v) is 3.52. The molecule has 0 unspecified atom stereocenters. The summed E-state index contributed by atoms with van der Waals surface area (Å²) < 4.78 is 27.8. The highest BCUT2D eigenvalue weighted by Gasteiger charge is 2.18. The van der Waals surface area contributed by atoms with Crippen molar-refractivity contribution in [2.24, 2.45) is 5.73 Å². The molecular weight excluding hydrogens is 312 g/mol. The first-order valence-electron chi connectivity index (χ1n) is 7.24. The van der Waals surface area contributed by atoms with Gasteiger partial charge in [-0.1, -0.05) is 26.0 Å². The van der Waals surface area contributed by atoms with Gasteiger partial charge in [0.05, 0.1) is 4.90 Å². The van der Waals surface area contributed by atoms with E-state index >= 15 is 0 Å². The van der Waals surface area contributed by atoms with Crippen LogP contribution in [-0.4, -0.2) is 14.3 Å². The summed E-state index contributed by atoms with van der Waals surface area (Å²) in [4.78, 5) is 11.3. The summed E-state index contributed by atoms with van der Waals surface area (Å²) in [5, 5.41) is 0. The molecule has 0 atom stereocenters. The monoisotopic (exact) mass is 332 g/mol. The van der Waals surface area contributed by atoms with Gasteiger partial charge < -0.3 is 5.73 Å². The second-order valence-electron chi connectivity index (χ2n) is 5.73. The summed E-state index contributed by atoms with van der Waals surface area (Å²) in [5.74, 6) is -0.320. The molecule has 0 saturated heterocycles. The van der Waals surface area contributed by atoms with Crippen LogP contribution in [0.15, 0.2) is 47.4 Å². The highest BCUT2D eigenvalue weighted by Crippen LogP contribution is 2.24. The molecule has 0 aliphatic heterocycles. The van der Waals surface area contributed by atoms with Crippen LogP contribution in [0.5, 0.6) is 0 Å². The first-order chi connectivity index (χ1) is 10.7. The van der Waals surface area contributed by atoms with Gasteiger partial charge in [-0.25, -0.2) is 8.42 Å². The SMILES string of the molecule is Cc1ccc(C(C)C)cc1S(=O)(=O)Nc1ccc(C(N)=O)cc1. The van der Waals surface area contributed by atoms with Crippen LogP contribution < -0.4 is 10.5 Å². The van der Waals surface area contributed by atoms with Crippen LogP contribution in [0.2, 0.25) is 0 Å². The zero-order valence-corrected chi connectivity index (χ0v) is 14.1. The Morgan fingerprint density at radius 1 is 1.09 bits per heavy atom. The van der Waals surface area contributed by atoms with Gasteiger partial charge in [0.25, 0.3) is 10.0 Å². The molecule has 0 bridgehead atoms. The Morgan fingerprint density at radius 3 is 2.22 bits per heavy atom. The third-order valence-corrected chi connectivity index (χ3v) is 5.11. The number of hydrogen-bond acceptors (Lipinski definition) is 3. The largest absolute Gasteiger partial charge is 0.366 e. The standard InChI is InChI=1S/C17H20N2O3S/c1-11(2)14-5-4-12(3)16(10-14)23(21,22)19-15-8-6-13(7-9-15)17(18)20/h4-11,19H,1-3H3,(H2,18,20). The van der Waals surface area contributed by atoms with Gasteiger partial charge in [-0.05, 0) is 54.3 Å². The van der Waals surface area contributed by atoms with Crippen LogP contribution in [0.25, 0.3) is 0 Å². The van der Waals surface area contributed by atoms with Gasteiger partial charge in [0.15, 0.2) is 0 Å². The minimum atomic E-state index is -3.70. The smallest absolute Gasteiger partial charge is 0.262 e. The number of primary amides is 1. The van der Waals surface area contributed by atoms with Crippen molar-refractivity contribution in [2.75, 3.05) is 4.72 Å². The lowest BCUT2D eigenvalue weighted by atomic mass is 10.0. The fourth-order valence-electron chi connectivity index (χ4n) is 2.18. The quantitative estimate of drug-likeness (QED) is 0.882. The van der Waals surface area contributed by atoms with Gasteiger partial charge in [0, 0.05) is 11.3 Å². The molecule has 3 N–H and O–H groups in total. The fraction of sp³-hybridized carbons (Fsp3) is 0.235. The van der Waals surface area contributed by atoms with Gasteiger partial charge in [-0.3, -0.25) is 9.52 Å². The summed E-state index contributed by atoms with van der Waals surface area (Å²) in [7, 11) is -3.70. The molecule has 2 aromatic rings. The molecule has 122 valence electrons. The topological polar surface area (TPSA) is 89.3 Å². The van der Waals surface area contributed by atoms with Crippen molar-refractivity contribution in [3.63, 3.8) is 0 Å². The van der Waals surface area contributed by atoms with Crippen molar-refractivity contribution >= 4 is 21.6 Å². The number of rotatable bonds is 5. The van der Waals surface area contributed by atoms with Crippen molar-refractivity contribution in [1.82, 2.24) is 0 Å². The first kappa shape index (κ1) is 17.0. The van der Waals surface area contributed by atoms with Crippen LogP contribution in [0.4, 0.5) is 5.69 Å². The number of hydrogen-bond donors (Lipinski definition) is 2. The molecule has 0 radical (unpaired) electrons. The number of aryl methyl sites for hydroxylation is 1. The zero-order valence-electron chi connectivity index (χ0n) is 13.3. The molecule has 0 heterocycles. The number of nitrogens with two attached hydrogens (primary N) is 1. The highest BCUT2D eigenvalue weighted by atomic mass is 32.2. The van der Waals surface area contributed by atoms with Crippen LogP contribution in [-0.2, 0) is 10.0 Å². The van der Waals surface area contributed by atoms with Crippen LogP contribution >= 0.6 is 0 Å². The number of sulfonamides is 1. The van der Waals surface area contributed by atoms with E-state index in [-0.39, 0.29) is 10.8 Å². The Bertz CT molecular complexity index is 825. The number of nitrogens with one attached hydrogen (secondary N) is 1. The molecule has 5 nitrogen and oxygen atoms in total. The third kappa shape index (κ3) is 3.90. The average Bonchev–Trinajstić information content (AvgIpc) is 2.47. The van der Waals surface area contributed by atoms with Gasteiger partial charge in [-0.2, -0.15) is 0 Å². The second-order valence-corrected chi connectivity index (χ2v) is 7.38. The van der Waals surface area contributed by atoms with Crippen molar-refractivity contribution in [1.29, 1.82) is 0 Å². The molecule has 0 spiro atoms. The Morgan fingerprint density at radius 2 is 1.70 bits per heavy atom. The van der Waals surface area contributed by atoms with Gasteiger partial charge in [-0.15, -0.1) is 0 Å². The van der Waals surface area contributed by atoms with Crippen LogP contribution in [0, 0.1) is 6.92 Å². The van der Waals surface area contributed by atoms with Crippen molar-refractivity contribution in [3.05, 3.63) is 59.2 Å². The molecule has 0 saturated carbocycles. The summed E-state index contributed by atoms with van der Waals surface area (Å²) in [6.45, 7) is 5.78. The van der Waals surface area contributed by atoms with E-state index in [9.17, 15) is 13.2 Å². The number of carbonyl (C=O) groups excluding carboxylic acids is 1. The lowest BCUT2D eigenvalue weighted by Crippen LogP contribution is -2.15. The third-order valence-electron chi connectivity index (χ3n) is 3.59. The van der Waals surface area contributed by atoms with E-state index in [1.807, 2.05) is 19.9 Å². The molecule has 1 amide bonds. The number of amides is 1. The second kappa shape index (κ2) is 6.42. The molecule has 23 heavy (non-hydrogen) atoms. The minimum absolute atomic E-state index is 0.236. The number of carbonyl (C=O) groups is 1. The zero-order chi connectivity index (χ0) is 17.2. The van der Waals surface area contributed by atoms with Crippen molar-refractivity contribution in [2.45, 2.75) is 31.6 Å². The van der Waals surface area contributed by atoms with Crippen molar-refractivity contribution < 1.29 is 13.2 Å². The lowest BCUT2D eigenvalue weighted by Gasteiger charge is -2.13. The molecule has 0 aliphatic rings. The summed E-state index contributed by atoms with van der Waals surface area (Å²) in [6.07, 6.45) is 0. The van der Waals surface area contributed by atoms with E-state index in [1.54, 1.807) is 19.1 Å². The molecular formula is C17H20N2O3S. The summed E-state index contributed by atoms with van der Waals surface area (Å²) >= 11 is 0. The molecule has 0 aromatic heterocycles.